The molecule has 1 aromatic carbocycles. The highest BCUT2D eigenvalue weighted by Gasteiger charge is 2.08. The maximum absolute atomic E-state index is 11.6. The number of phenols is 1. The molecule has 0 radical (unpaired) electrons. The topological polar surface area (TPSA) is 95.5 Å². The fourth-order valence-electron chi connectivity index (χ4n) is 1.97. The molecule has 0 unspecified atom stereocenters. The highest BCUT2D eigenvalue weighted by atomic mass is 16.6. The molecule has 0 aliphatic carbocycles. The van der Waals surface area contributed by atoms with E-state index in [1.165, 1.54) is 18.2 Å². The average Bonchev–Trinajstić information content (AvgIpc) is 2.80. The Morgan fingerprint density at radius 1 is 0.867 bits per heavy atom. The zero-order valence-electron chi connectivity index (χ0n) is 19.5. The Hall–Kier alpha value is -1.87. The molecule has 0 atom stereocenters. The molecule has 1 amide bonds. The van der Waals surface area contributed by atoms with Gasteiger partial charge in [0.05, 0.1) is 33.0 Å². The van der Waals surface area contributed by atoms with Crippen LogP contribution < -0.4 is 10.1 Å². The maximum atomic E-state index is 11.6. The van der Waals surface area contributed by atoms with Gasteiger partial charge in [0, 0.05) is 32.9 Å². The molecule has 0 saturated carbocycles. The lowest BCUT2D eigenvalue weighted by Crippen LogP contribution is -2.18. The Balaban J connectivity index is 0. The van der Waals surface area contributed by atoms with Crippen LogP contribution in [0.25, 0.3) is 0 Å². The van der Waals surface area contributed by atoms with Gasteiger partial charge in [-0.05, 0) is 24.6 Å². The van der Waals surface area contributed by atoms with Crippen LogP contribution in [0.4, 0.5) is 0 Å². The van der Waals surface area contributed by atoms with E-state index in [4.69, 9.17) is 23.7 Å². The molecule has 0 heterocycles. The minimum atomic E-state index is -0.245. The minimum Gasteiger partial charge on any atom is -0.504 e. The Morgan fingerprint density at radius 2 is 1.40 bits per heavy atom. The van der Waals surface area contributed by atoms with Gasteiger partial charge in [-0.1, -0.05) is 27.7 Å². The molecule has 0 spiro atoms. The van der Waals surface area contributed by atoms with Crippen molar-refractivity contribution in [3.8, 4) is 11.5 Å². The number of carbonyl (C=O) groups is 1. The van der Waals surface area contributed by atoms with Gasteiger partial charge < -0.3 is 34.1 Å². The zero-order valence-corrected chi connectivity index (χ0v) is 19.5. The second-order valence-electron chi connectivity index (χ2n) is 5.29. The standard InChI is InChI=1S/C18H29NO7.2C2H6/c1-19-18(21)15-4-5-16(20)17(14-15)26-13-12-25-11-10-24-9-8-23-7-3-6-22-2;2*1-2/h4-5,14,20H,3,6-13H2,1-2H3,(H,19,21);2*1-2H3. The molecule has 0 aliphatic heterocycles. The van der Waals surface area contributed by atoms with Crippen molar-refractivity contribution in [2.24, 2.45) is 0 Å². The summed E-state index contributed by atoms with van der Waals surface area (Å²) in [4.78, 5) is 11.6. The van der Waals surface area contributed by atoms with E-state index < -0.39 is 0 Å². The molecule has 0 fully saturated rings. The summed E-state index contributed by atoms with van der Waals surface area (Å²) in [7, 11) is 3.21. The summed E-state index contributed by atoms with van der Waals surface area (Å²) in [6, 6.07) is 4.44. The van der Waals surface area contributed by atoms with Crippen molar-refractivity contribution in [3.63, 3.8) is 0 Å². The Bertz CT molecular complexity index is 512. The van der Waals surface area contributed by atoms with E-state index in [-0.39, 0.29) is 24.0 Å². The van der Waals surface area contributed by atoms with Crippen molar-refractivity contribution in [2.45, 2.75) is 34.1 Å². The lowest BCUT2D eigenvalue weighted by Gasteiger charge is -2.10. The van der Waals surface area contributed by atoms with Gasteiger partial charge in [0.15, 0.2) is 11.5 Å². The Morgan fingerprint density at radius 3 is 1.93 bits per heavy atom. The molecule has 0 aliphatic rings. The van der Waals surface area contributed by atoms with Crippen LogP contribution in [0.2, 0.25) is 0 Å². The monoisotopic (exact) mass is 431 g/mol. The number of rotatable bonds is 15. The first-order chi connectivity index (χ1) is 14.7. The van der Waals surface area contributed by atoms with Gasteiger partial charge in [0.1, 0.15) is 6.61 Å². The third kappa shape index (κ3) is 16.0. The molecule has 8 nitrogen and oxygen atoms in total. The third-order valence-corrected chi connectivity index (χ3v) is 3.32. The highest BCUT2D eigenvalue weighted by Crippen LogP contribution is 2.26. The van der Waals surface area contributed by atoms with E-state index in [2.05, 4.69) is 5.32 Å². The lowest BCUT2D eigenvalue weighted by molar-refractivity contribution is 0.00658. The smallest absolute Gasteiger partial charge is 0.251 e. The Labute approximate surface area is 181 Å². The van der Waals surface area contributed by atoms with Gasteiger partial charge in [0.25, 0.3) is 5.91 Å². The van der Waals surface area contributed by atoms with Crippen LogP contribution >= 0.6 is 0 Å². The summed E-state index contributed by atoms with van der Waals surface area (Å²) in [6.07, 6.45) is 0.876. The first kappa shape index (κ1) is 30.3. The van der Waals surface area contributed by atoms with Crippen LogP contribution in [-0.2, 0) is 18.9 Å². The summed E-state index contributed by atoms with van der Waals surface area (Å²) in [5, 5.41) is 12.3. The SMILES string of the molecule is CC.CC.CNC(=O)c1ccc(O)c(OCCOCCOCCOCCCOC)c1. The van der Waals surface area contributed by atoms with E-state index in [1.807, 2.05) is 27.7 Å². The summed E-state index contributed by atoms with van der Waals surface area (Å²) in [6.45, 7) is 12.0. The molecule has 1 rings (SSSR count). The quantitative estimate of drug-likeness (QED) is 0.412. The fraction of sp³-hybridized carbons (Fsp3) is 0.682. The second-order valence-corrected chi connectivity index (χ2v) is 5.29. The fourth-order valence-corrected chi connectivity index (χ4v) is 1.97. The van der Waals surface area contributed by atoms with Crippen LogP contribution in [0.15, 0.2) is 18.2 Å². The number of hydrogen-bond donors (Lipinski definition) is 2. The Kier molecular flexibility index (Phi) is 23.7. The number of ether oxygens (including phenoxy) is 5. The predicted molar refractivity (Wildman–Crippen MR) is 119 cm³/mol. The number of nitrogens with one attached hydrogen (secondary N) is 1. The van der Waals surface area contributed by atoms with E-state index in [0.29, 0.717) is 51.8 Å². The number of aromatic hydroxyl groups is 1. The first-order valence-corrected chi connectivity index (χ1v) is 10.6. The molecule has 0 bridgehead atoms. The number of amides is 1. The number of phenolic OH excluding ortho intramolecular Hbond substituents is 1. The lowest BCUT2D eigenvalue weighted by atomic mass is 10.2. The van der Waals surface area contributed by atoms with E-state index in [1.54, 1.807) is 14.2 Å². The van der Waals surface area contributed by atoms with Crippen LogP contribution in [-0.4, -0.2) is 78.0 Å². The maximum Gasteiger partial charge on any atom is 0.251 e. The second kappa shape index (κ2) is 23.4. The van der Waals surface area contributed by atoms with Gasteiger partial charge in [0.2, 0.25) is 0 Å². The molecule has 0 aromatic heterocycles. The van der Waals surface area contributed by atoms with Crippen LogP contribution in [0.1, 0.15) is 44.5 Å². The molecule has 1 aromatic rings. The molecular weight excluding hydrogens is 390 g/mol. The van der Waals surface area contributed by atoms with Crippen molar-refractivity contribution in [1.82, 2.24) is 5.32 Å². The summed E-state index contributed by atoms with van der Waals surface area (Å²) >= 11 is 0. The van der Waals surface area contributed by atoms with Gasteiger partial charge in [-0.2, -0.15) is 0 Å². The van der Waals surface area contributed by atoms with Crippen LogP contribution in [0, 0.1) is 0 Å². The molecule has 0 saturated heterocycles. The number of carbonyl (C=O) groups excluding carboxylic acids is 1. The largest absolute Gasteiger partial charge is 0.504 e. The summed E-state index contributed by atoms with van der Waals surface area (Å²) < 4.78 is 26.5. The summed E-state index contributed by atoms with van der Waals surface area (Å²) in [5.74, 6) is -0.0195. The highest BCUT2D eigenvalue weighted by molar-refractivity contribution is 5.94. The summed E-state index contributed by atoms with van der Waals surface area (Å²) in [5.41, 5.74) is 0.416. The molecule has 2 N–H and O–H groups in total. The van der Waals surface area contributed by atoms with Gasteiger partial charge in [-0.15, -0.1) is 0 Å². The van der Waals surface area contributed by atoms with Gasteiger partial charge >= 0.3 is 0 Å². The van der Waals surface area contributed by atoms with Crippen molar-refractivity contribution >= 4 is 5.91 Å². The van der Waals surface area contributed by atoms with E-state index in [0.717, 1.165) is 6.42 Å². The van der Waals surface area contributed by atoms with Crippen molar-refractivity contribution in [1.29, 1.82) is 0 Å². The van der Waals surface area contributed by atoms with Crippen molar-refractivity contribution in [3.05, 3.63) is 23.8 Å². The minimum absolute atomic E-state index is 0.0218. The average molecular weight is 432 g/mol. The molecule has 176 valence electrons. The van der Waals surface area contributed by atoms with Crippen LogP contribution in [0.5, 0.6) is 11.5 Å². The normalized spacial score (nSPS) is 9.67. The van der Waals surface area contributed by atoms with Gasteiger partial charge in [-0.3, -0.25) is 4.79 Å². The third-order valence-electron chi connectivity index (χ3n) is 3.32. The number of methoxy groups -OCH3 is 1. The van der Waals surface area contributed by atoms with Crippen molar-refractivity contribution < 1.29 is 33.6 Å². The number of hydrogen-bond acceptors (Lipinski definition) is 7. The first-order valence-electron chi connectivity index (χ1n) is 10.6. The predicted octanol–water partition coefficient (Wildman–Crippen LogP) is 3.27. The van der Waals surface area contributed by atoms with E-state index in [9.17, 15) is 9.90 Å². The number of benzene rings is 1. The van der Waals surface area contributed by atoms with Crippen LogP contribution in [0.3, 0.4) is 0 Å². The molecule has 30 heavy (non-hydrogen) atoms. The molecule has 8 heteroatoms. The van der Waals surface area contributed by atoms with E-state index >= 15 is 0 Å². The van der Waals surface area contributed by atoms with Crippen molar-refractivity contribution in [2.75, 3.05) is 67.0 Å². The zero-order chi connectivity index (χ0) is 23.0. The van der Waals surface area contributed by atoms with Gasteiger partial charge in [-0.25, -0.2) is 0 Å². The molecular formula is C22H41NO7.